The second kappa shape index (κ2) is 6.60. The van der Waals surface area contributed by atoms with Crippen LogP contribution in [0.3, 0.4) is 0 Å². The number of sulfone groups is 1. The van der Waals surface area contributed by atoms with Crippen molar-refractivity contribution in [2.24, 2.45) is 0 Å². The molecule has 3 nitrogen and oxygen atoms in total. The van der Waals surface area contributed by atoms with Gasteiger partial charge >= 0.3 is 0 Å². The predicted octanol–water partition coefficient (Wildman–Crippen LogP) is 2.37. The minimum absolute atomic E-state index is 0.300. The summed E-state index contributed by atoms with van der Waals surface area (Å²) >= 11 is 0. The molecule has 4 heteroatoms. The predicted molar refractivity (Wildman–Crippen MR) is 70.5 cm³/mol. The molecule has 0 aliphatic carbocycles. The zero-order valence-electron chi connectivity index (χ0n) is 11.3. The lowest BCUT2D eigenvalue weighted by molar-refractivity contribution is 0.502. The summed E-state index contributed by atoms with van der Waals surface area (Å²) < 4.78 is 23.0. The monoisotopic (exact) mass is 249 g/mol. The van der Waals surface area contributed by atoms with Crippen LogP contribution >= 0.6 is 0 Å². The standard InChI is InChI=1S/C12H27NO2S/c1-6-9-13-11(2)8-7-10-16(14,15)12(3,4)5/h11,13H,6-10H2,1-5H3. The molecule has 0 amide bonds. The summed E-state index contributed by atoms with van der Waals surface area (Å²) in [5, 5.41) is 3.36. The molecule has 1 unspecified atom stereocenters. The molecule has 0 radical (unpaired) electrons. The Balaban J connectivity index is 3.91. The minimum Gasteiger partial charge on any atom is -0.314 e. The third-order valence-electron chi connectivity index (χ3n) is 2.73. The van der Waals surface area contributed by atoms with Crippen LogP contribution in [0.25, 0.3) is 0 Å². The topological polar surface area (TPSA) is 46.2 Å². The summed E-state index contributed by atoms with van der Waals surface area (Å²) in [6, 6.07) is 0.412. The minimum atomic E-state index is -2.94. The summed E-state index contributed by atoms with van der Waals surface area (Å²) in [5.74, 6) is 0.300. The molecular formula is C12H27NO2S. The van der Waals surface area contributed by atoms with Gasteiger partial charge in [-0.15, -0.1) is 0 Å². The van der Waals surface area contributed by atoms with Crippen LogP contribution in [0.15, 0.2) is 0 Å². The van der Waals surface area contributed by atoms with E-state index in [1.54, 1.807) is 20.8 Å². The molecule has 98 valence electrons. The highest BCUT2D eigenvalue weighted by Crippen LogP contribution is 2.17. The van der Waals surface area contributed by atoms with E-state index in [2.05, 4.69) is 19.2 Å². The van der Waals surface area contributed by atoms with Crippen molar-refractivity contribution in [3.8, 4) is 0 Å². The molecule has 0 rings (SSSR count). The molecule has 0 aliphatic heterocycles. The third kappa shape index (κ3) is 5.85. The zero-order valence-corrected chi connectivity index (χ0v) is 12.2. The Labute approximate surface area is 101 Å². The normalized spacial score (nSPS) is 15.1. The highest BCUT2D eigenvalue weighted by molar-refractivity contribution is 7.92. The van der Waals surface area contributed by atoms with Crippen molar-refractivity contribution in [1.82, 2.24) is 5.32 Å². The van der Waals surface area contributed by atoms with Gasteiger partial charge in [0.2, 0.25) is 0 Å². The van der Waals surface area contributed by atoms with Crippen molar-refractivity contribution in [2.75, 3.05) is 12.3 Å². The Morgan fingerprint density at radius 2 is 1.81 bits per heavy atom. The Morgan fingerprint density at radius 3 is 2.25 bits per heavy atom. The highest BCUT2D eigenvalue weighted by Gasteiger charge is 2.28. The van der Waals surface area contributed by atoms with Crippen LogP contribution in [-0.2, 0) is 9.84 Å². The van der Waals surface area contributed by atoms with Gasteiger partial charge < -0.3 is 5.32 Å². The molecular weight excluding hydrogens is 222 g/mol. The van der Waals surface area contributed by atoms with Crippen LogP contribution in [0, 0.1) is 0 Å². The Kier molecular flexibility index (Phi) is 6.56. The quantitative estimate of drug-likeness (QED) is 0.753. The molecule has 1 atom stereocenters. The van der Waals surface area contributed by atoms with Gasteiger partial charge in [0, 0.05) is 6.04 Å². The van der Waals surface area contributed by atoms with Gasteiger partial charge in [-0.2, -0.15) is 0 Å². The van der Waals surface area contributed by atoms with Gasteiger partial charge in [0.1, 0.15) is 0 Å². The van der Waals surface area contributed by atoms with Gasteiger partial charge in [0.25, 0.3) is 0 Å². The van der Waals surface area contributed by atoms with E-state index in [9.17, 15) is 8.42 Å². The summed E-state index contributed by atoms with van der Waals surface area (Å²) in [6.07, 6.45) is 2.79. The van der Waals surface area contributed by atoms with Crippen LogP contribution in [0.2, 0.25) is 0 Å². The van der Waals surface area contributed by atoms with E-state index in [1.165, 1.54) is 0 Å². The van der Waals surface area contributed by atoms with Crippen LogP contribution < -0.4 is 5.32 Å². The molecule has 0 bridgehead atoms. The fraction of sp³-hybridized carbons (Fsp3) is 1.00. The molecule has 0 spiro atoms. The van der Waals surface area contributed by atoms with E-state index in [4.69, 9.17) is 0 Å². The van der Waals surface area contributed by atoms with E-state index < -0.39 is 14.6 Å². The first kappa shape index (κ1) is 15.9. The van der Waals surface area contributed by atoms with Crippen molar-refractivity contribution in [3.63, 3.8) is 0 Å². The van der Waals surface area contributed by atoms with Crippen LogP contribution in [0.1, 0.15) is 53.9 Å². The van der Waals surface area contributed by atoms with Crippen molar-refractivity contribution in [2.45, 2.75) is 64.7 Å². The lowest BCUT2D eigenvalue weighted by Gasteiger charge is -2.20. The average molecular weight is 249 g/mol. The van der Waals surface area contributed by atoms with E-state index in [0.29, 0.717) is 11.8 Å². The second-order valence-electron chi connectivity index (χ2n) is 5.43. The molecule has 1 N–H and O–H groups in total. The van der Waals surface area contributed by atoms with Gasteiger partial charge in [-0.25, -0.2) is 8.42 Å². The van der Waals surface area contributed by atoms with Crippen molar-refractivity contribution in [1.29, 1.82) is 0 Å². The first-order valence-electron chi connectivity index (χ1n) is 6.16. The molecule has 0 aromatic heterocycles. The summed E-state index contributed by atoms with van der Waals surface area (Å²) in [5.41, 5.74) is 0. The Morgan fingerprint density at radius 1 is 1.25 bits per heavy atom. The van der Waals surface area contributed by atoms with Gasteiger partial charge in [0.05, 0.1) is 10.5 Å². The molecule has 0 heterocycles. The van der Waals surface area contributed by atoms with E-state index >= 15 is 0 Å². The lowest BCUT2D eigenvalue weighted by atomic mass is 10.2. The van der Waals surface area contributed by atoms with Gasteiger partial charge in [0.15, 0.2) is 9.84 Å². The molecule has 16 heavy (non-hydrogen) atoms. The maximum atomic E-state index is 11.8. The third-order valence-corrected chi connectivity index (χ3v) is 5.42. The molecule has 0 aromatic carbocycles. The molecule has 0 saturated carbocycles. The first-order chi connectivity index (χ1) is 7.20. The maximum Gasteiger partial charge on any atom is 0.155 e. The Bertz CT molecular complexity index is 278. The Hall–Kier alpha value is -0.0900. The SMILES string of the molecule is CCCNC(C)CCCS(=O)(=O)C(C)(C)C. The van der Waals surface area contributed by atoms with Crippen LogP contribution in [0.5, 0.6) is 0 Å². The average Bonchev–Trinajstić information content (AvgIpc) is 2.12. The van der Waals surface area contributed by atoms with Crippen LogP contribution in [-0.4, -0.2) is 31.5 Å². The van der Waals surface area contributed by atoms with Crippen molar-refractivity contribution >= 4 is 9.84 Å². The fourth-order valence-corrected chi connectivity index (χ4v) is 2.54. The van der Waals surface area contributed by atoms with Gasteiger partial charge in [-0.3, -0.25) is 0 Å². The molecule has 0 fully saturated rings. The summed E-state index contributed by atoms with van der Waals surface area (Å²) in [6.45, 7) is 10.5. The fourth-order valence-electron chi connectivity index (χ4n) is 1.38. The summed E-state index contributed by atoms with van der Waals surface area (Å²) in [7, 11) is -2.94. The molecule has 0 aromatic rings. The number of hydrogen-bond donors (Lipinski definition) is 1. The second-order valence-corrected chi connectivity index (χ2v) is 8.29. The zero-order chi connectivity index (χ0) is 12.8. The lowest BCUT2D eigenvalue weighted by Crippen LogP contribution is -2.32. The largest absolute Gasteiger partial charge is 0.314 e. The van der Waals surface area contributed by atoms with E-state index in [1.807, 2.05) is 0 Å². The highest BCUT2D eigenvalue weighted by atomic mass is 32.2. The number of rotatable bonds is 7. The molecule has 0 aliphatic rings. The number of hydrogen-bond acceptors (Lipinski definition) is 3. The summed E-state index contributed by atoms with van der Waals surface area (Å²) in [4.78, 5) is 0. The van der Waals surface area contributed by atoms with E-state index in [0.717, 1.165) is 25.8 Å². The first-order valence-corrected chi connectivity index (χ1v) is 7.81. The number of nitrogens with one attached hydrogen (secondary N) is 1. The maximum absolute atomic E-state index is 11.8. The smallest absolute Gasteiger partial charge is 0.155 e. The van der Waals surface area contributed by atoms with E-state index in [-0.39, 0.29) is 0 Å². The van der Waals surface area contributed by atoms with Crippen LogP contribution in [0.4, 0.5) is 0 Å². The van der Waals surface area contributed by atoms with Gasteiger partial charge in [-0.1, -0.05) is 6.92 Å². The van der Waals surface area contributed by atoms with Crippen molar-refractivity contribution < 1.29 is 8.42 Å². The molecule has 0 saturated heterocycles. The van der Waals surface area contributed by atoms with Gasteiger partial charge in [-0.05, 0) is 53.5 Å². The van der Waals surface area contributed by atoms with Crippen molar-refractivity contribution in [3.05, 3.63) is 0 Å².